The molecule has 2 fully saturated rings. The molecule has 2 aliphatic rings. The molecule has 0 unspecified atom stereocenters. The molecule has 5 N–H and O–H groups in total. The average molecular weight is 1330 g/mol. The fraction of sp³-hybridized carbons (Fsp3) is 0.657. The molecule has 25 heteroatoms. The van der Waals surface area contributed by atoms with Gasteiger partial charge in [0, 0.05) is 75.3 Å². The maximum atomic E-state index is 15.6. The molecule has 4 rings (SSSR count). The second-order valence-electron chi connectivity index (χ2n) is 27.7. The summed E-state index contributed by atoms with van der Waals surface area (Å²) in [4.78, 5) is 188. The average Bonchev–Trinajstić information content (AvgIpc) is 0.842. The molecule has 0 spiro atoms. The number of piperidine rings is 1. The van der Waals surface area contributed by atoms with Crippen LogP contribution in [-0.2, 0) is 70.4 Å². The van der Waals surface area contributed by atoms with Crippen molar-refractivity contribution < 1.29 is 62.6 Å². The van der Waals surface area contributed by atoms with Gasteiger partial charge in [0.25, 0.3) is 0 Å². The highest BCUT2D eigenvalue weighted by Gasteiger charge is 2.44. The largest absolute Gasteiger partial charge is 0.391 e. The Bertz CT molecular complexity index is 2980. The molecule has 0 aromatic heterocycles. The number of aliphatic hydroxyl groups excluding tert-OH is 1. The maximum Gasteiger partial charge on any atom is 0.248 e. The normalized spacial score (nSPS) is 24.7. The number of carbonyl (C=O) groups is 12. The summed E-state index contributed by atoms with van der Waals surface area (Å²) < 4.78 is 0. The Morgan fingerprint density at radius 3 is 1.40 bits per heavy atom. The lowest BCUT2D eigenvalue weighted by molar-refractivity contribution is -0.153. The molecule has 12 amide bonds. The number of benzene rings is 2. The lowest BCUT2D eigenvalue weighted by atomic mass is 9.96. The van der Waals surface area contributed by atoms with Gasteiger partial charge in [0.05, 0.1) is 12.5 Å². The molecule has 0 bridgehead atoms. The van der Waals surface area contributed by atoms with Crippen molar-refractivity contribution in [1.29, 1.82) is 0 Å². The zero-order chi connectivity index (χ0) is 71.6. The van der Waals surface area contributed by atoms with Crippen LogP contribution in [0.2, 0.25) is 0 Å². The van der Waals surface area contributed by atoms with Crippen LogP contribution in [0, 0.1) is 23.7 Å². The molecule has 95 heavy (non-hydrogen) atoms. The molecule has 0 aliphatic carbocycles. The first-order chi connectivity index (χ1) is 44.4. The molecule has 2 heterocycles. The van der Waals surface area contributed by atoms with Crippen LogP contribution in [0.5, 0.6) is 0 Å². The molecule has 25 nitrogen and oxygen atoms in total. The van der Waals surface area contributed by atoms with Crippen molar-refractivity contribution in [3.05, 3.63) is 71.8 Å². The molecule has 12 atom stereocenters. The number of likely N-dealkylation sites (tertiary alicyclic amines) is 1. The summed E-state index contributed by atoms with van der Waals surface area (Å²) in [5.41, 5.74) is 1.27. The molecule has 0 radical (unpaired) electrons. The fourth-order valence-electron chi connectivity index (χ4n) is 12.1. The number of aliphatic hydroxyl groups is 1. The molecule has 2 saturated heterocycles. The van der Waals surface area contributed by atoms with Gasteiger partial charge in [-0.15, -0.1) is 0 Å². The van der Waals surface area contributed by atoms with Crippen molar-refractivity contribution in [3.63, 3.8) is 0 Å². The Morgan fingerprint density at radius 2 is 0.937 bits per heavy atom. The quantitative estimate of drug-likeness (QED) is 0.153. The minimum Gasteiger partial charge on any atom is -0.391 e. The van der Waals surface area contributed by atoms with Crippen LogP contribution in [0.1, 0.15) is 139 Å². The van der Waals surface area contributed by atoms with Crippen molar-refractivity contribution in [2.24, 2.45) is 23.7 Å². The summed E-state index contributed by atoms with van der Waals surface area (Å²) in [7, 11) is 9.55. The van der Waals surface area contributed by atoms with Gasteiger partial charge in [0.15, 0.2) is 0 Å². The molecule has 2 aromatic carbocycles. The van der Waals surface area contributed by atoms with Crippen LogP contribution in [0.15, 0.2) is 60.7 Å². The zero-order valence-electron chi connectivity index (χ0n) is 59.7. The predicted octanol–water partition coefficient (Wildman–Crippen LogP) is 2.85. The summed E-state index contributed by atoms with van der Waals surface area (Å²) in [6.07, 6.45) is 0.256. The Labute approximate surface area is 563 Å². The van der Waals surface area contributed by atoms with Crippen molar-refractivity contribution >= 4 is 70.9 Å². The second-order valence-corrected chi connectivity index (χ2v) is 27.7. The second kappa shape index (κ2) is 36.2. The number of amides is 12. The van der Waals surface area contributed by atoms with Crippen molar-refractivity contribution in [1.82, 2.24) is 60.5 Å². The number of rotatable bonds is 17. The van der Waals surface area contributed by atoms with E-state index in [2.05, 4.69) is 21.3 Å². The molecular formula is C70H110N12O13. The van der Waals surface area contributed by atoms with Gasteiger partial charge in [-0.3, -0.25) is 57.5 Å². The van der Waals surface area contributed by atoms with E-state index < -0.39 is 150 Å². The number of likely N-dealkylation sites (N-methyl/N-ethyl adjacent to an activating group) is 7. The molecular weight excluding hydrogens is 1220 g/mol. The summed E-state index contributed by atoms with van der Waals surface area (Å²) in [6, 6.07) is 2.68. The smallest absolute Gasteiger partial charge is 0.248 e. The first-order valence-electron chi connectivity index (χ1n) is 33.5. The van der Waals surface area contributed by atoms with Crippen LogP contribution in [-0.4, -0.2) is 250 Å². The van der Waals surface area contributed by atoms with Crippen LogP contribution >= 0.6 is 0 Å². The Hall–Kier alpha value is -7.96. The lowest BCUT2D eigenvalue weighted by Crippen LogP contribution is -2.63. The Balaban J connectivity index is 1.98. The summed E-state index contributed by atoms with van der Waals surface area (Å²) in [6.45, 7) is 21.1. The topological polar surface area (TPSA) is 299 Å². The summed E-state index contributed by atoms with van der Waals surface area (Å²) >= 11 is 0. The minimum atomic E-state index is -1.79. The third-order valence-electron chi connectivity index (χ3n) is 18.5. The van der Waals surface area contributed by atoms with E-state index in [4.69, 9.17) is 0 Å². The number of hydrogen-bond donors (Lipinski definition) is 5. The van der Waals surface area contributed by atoms with Crippen LogP contribution in [0.25, 0.3) is 0 Å². The molecule has 2 aliphatic heterocycles. The van der Waals surface area contributed by atoms with Crippen LogP contribution < -0.4 is 21.3 Å². The van der Waals surface area contributed by atoms with Gasteiger partial charge in [-0.2, -0.15) is 0 Å². The van der Waals surface area contributed by atoms with E-state index in [0.717, 1.165) is 34.0 Å². The lowest BCUT2D eigenvalue weighted by Gasteiger charge is -2.38. The van der Waals surface area contributed by atoms with Crippen LogP contribution in [0.4, 0.5) is 0 Å². The van der Waals surface area contributed by atoms with Gasteiger partial charge < -0.3 is 65.6 Å². The van der Waals surface area contributed by atoms with Gasteiger partial charge in [0.1, 0.15) is 66.5 Å². The van der Waals surface area contributed by atoms with E-state index >= 15 is 28.8 Å². The number of nitrogens with zero attached hydrogens (tertiary/aromatic N) is 8. The fourth-order valence-corrected chi connectivity index (χ4v) is 12.1. The van der Waals surface area contributed by atoms with Crippen molar-refractivity contribution in [2.75, 3.05) is 62.4 Å². The number of nitrogens with one attached hydrogen (secondary N) is 4. The number of carbonyl (C=O) groups excluding carboxylic acids is 12. The standard InChI is InChI=1S/C70H110N12O13/c1-41(2)35-52-61(86)72-51(67(92)78(16)55(38-49-29-23-20-24-30-49)60(85)71-45(9)64(89)82-33-27-22-28-34-82)40-57(84)75(13)46(10)65(90)81(19)56(39-50-31-25-21-26-32-50)68(93)79(17)54(37-43(5)6)63(88)74-59(48(12)83)70(95)76(14)47(11)66(91)77(15)53(36-42(3)4)62(87)73-58(44(7)8)69(94)80(52)18/h20-21,23-26,29-32,41-48,51-56,58-59,83H,22,27-28,33-40H2,1-19H3,(H,71,85)(H,72,86)(H,73,87)(H,74,88)/t45-,46+,47-,48+,51-,52-,53-,54-,55-,56-,58-,59-/m0/s1. The first-order valence-corrected chi connectivity index (χ1v) is 33.5. The van der Waals surface area contributed by atoms with E-state index in [1.807, 2.05) is 41.5 Å². The highest BCUT2D eigenvalue weighted by Crippen LogP contribution is 2.23. The molecule has 528 valence electrons. The SMILES string of the molecule is CC(C)C[C@H]1C(=O)N[C@H](C(=O)N(C)[C@@H](Cc2ccccc2)C(=O)N[C@@H](C)C(=O)N2CCCCC2)CC(=O)N(C)[C@H](C)C(=O)N(C)[C@@H](Cc2ccccc2)C(=O)N(C)[C@@H](CC(C)C)C(=O)N[C@@H]([C@@H](C)O)C(=O)N(C)[C@@H](C)C(=O)N(C)[C@@H](CC(C)C)C(=O)N[C@@H](C(C)C)C(=O)N1C. The third-order valence-corrected chi connectivity index (χ3v) is 18.5. The van der Waals surface area contributed by atoms with Gasteiger partial charge in [-0.05, 0) is 101 Å². The predicted molar refractivity (Wildman–Crippen MR) is 361 cm³/mol. The third kappa shape index (κ3) is 21.5. The monoisotopic (exact) mass is 1330 g/mol. The van der Waals surface area contributed by atoms with Gasteiger partial charge in [-0.1, -0.05) is 116 Å². The Kier molecular flexibility index (Phi) is 30.3. The van der Waals surface area contributed by atoms with E-state index in [1.165, 1.54) is 89.7 Å². The van der Waals surface area contributed by atoms with Gasteiger partial charge in [-0.25, -0.2) is 0 Å². The van der Waals surface area contributed by atoms with Crippen LogP contribution in [0.3, 0.4) is 0 Å². The van der Waals surface area contributed by atoms with E-state index in [1.54, 1.807) is 86.3 Å². The van der Waals surface area contributed by atoms with Crippen molar-refractivity contribution in [3.8, 4) is 0 Å². The molecule has 0 saturated carbocycles. The summed E-state index contributed by atoms with van der Waals surface area (Å²) in [5.74, 6) is -10.2. The first kappa shape index (κ1) is 79.5. The van der Waals surface area contributed by atoms with E-state index in [9.17, 15) is 33.9 Å². The van der Waals surface area contributed by atoms with Crippen molar-refractivity contribution in [2.45, 2.75) is 213 Å². The minimum absolute atomic E-state index is 0.00445. The van der Waals surface area contributed by atoms with Gasteiger partial charge in [0.2, 0.25) is 70.9 Å². The van der Waals surface area contributed by atoms with E-state index in [-0.39, 0.29) is 55.8 Å². The number of hydrogen-bond acceptors (Lipinski definition) is 13. The molecule has 2 aromatic rings. The van der Waals surface area contributed by atoms with E-state index in [0.29, 0.717) is 24.2 Å². The summed E-state index contributed by atoms with van der Waals surface area (Å²) in [5, 5.41) is 22.3. The highest BCUT2D eigenvalue weighted by molar-refractivity contribution is 6.01. The highest BCUT2D eigenvalue weighted by atomic mass is 16.3. The van der Waals surface area contributed by atoms with Gasteiger partial charge >= 0.3 is 0 Å². The Morgan fingerprint density at radius 1 is 0.526 bits per heavy atom. The maximum absolute atomic E-state index is 15.6. The zero-order valence-corrected chi connectivity index (χ0v) is 59.7.